The number of likely N-dealkylation sites (tertiary alicyclic amines) is 3. The normalized spacial score (nSPS) is 20.7. The van der Waals surface area contributed by atoms with Crippen LogP contribution in [-0.2, 0) is 0 Å². The van der Waals surface area contributed by atoms with Crippen molar-refractivity contribution in [3.8, 4) is 0 Å². The van der Waals surface area contributed by atoms with E-state index < -0.39 is 0 Å². The van der Waals surface area contributed by atoms with Crippen LogP contribution in [0.4, 0.5) is 0 Å². The Morgan fingerprint density at radius 3 is 0.727 bits per heavy atom. The molecule has 4 heterocycles. The van der Waals surface area contributed by atoms with Gasteiger partial charge in [0.05, 0.1) is 0 Å². The lowest BCUT2D eigenvalue weighted by Gasteiger charge is -2.33. The number of hydrogen-bond acceptors (Lipinski definition) is 5. The van der Waals surface area contributed by atoms with Crippen molar-refractivity contribution in [2.45, 2.75) is 135 Å². The SMILES string of the molecule is C.C.C.CC(C)CN1CCCCC1.CC(C)CN1CCCCC1.CC(C)CN1CCCCC1.CC(C)CN1CCN(C)CC1. The van der Waals surface area contributed by atoms with E-state index in [0.717, 1.165) is 23.7 Å². The third-order valence-electron chi connectivity index (χ3n) is 8.44. The average molecular weight is 628 g/mol. The minimum absolute atomic E-state index is 0. The van der Waals surface area contributed by atoms with Crippen molar-refractivity contribution in [3.05, 3.63) is 0 Å². The summed E-state index contributed by atoms with van der Waals surface area (Å²) < 4.78 is 0. The Hall–Kier alpha value is -0.200. The van der Waals surface area contributed by atoms with Gasteiger partial charge in [-0.25, -0.2) is 0 Å². The molecule has 44 heavy (non-hydrogen) atoms. The van der Waals surface area contributed by atoms with Gasteiger partial charge in [-0.05, 0) is 109 Å². The summed E-state index contributed by atoms with van der Waals surface area (Å²) in [6.45, 7) is 36.6. The van der Waals surface area contributed by atoms with Gasteiger partial charge in [0.1, 0.15) is 0 Å². The maximum Gasteiger partial charge on any atom is 0.0110 e. The number of nitrogens with zero attached hydrogens (tertiary/aromatic N) is 5. The maximum absolute atomic E-state index is 2.59. The van der Waals surface area contributed by atoms with E-state index >= 15 is 0 Å². The van der Waals surface area contributed by atoms with Crippen LogP contribution in [0, 0.1) is 23.7 Å². The molecule has 0 aromatic rings. The first-order valence-electron chi connectivity index (χ1n) is 18.1. The van der Waals surface area contributed by atoms with Gasteiger partial charge in [-0.3, -0.25) is 0 Å². The Morgan fingerprint density at radius 2 is 0.523 bits per heavy atom. The smallest absolute Gasteiger partial charge is 0.0110 e. The predicted molar refractivity (Wildman–Crippen MR) is 204 cm³/mol. The Bertz CT molecular complexity index is 496. The number of piperidine rings is 3. The molecule has 0 saturated carbocycles. The van der Waals surface area contributed by atoms with Crippen LogP contribution in [0.3, 0.4) is 0 Å². The molecule has 0 bridgehead atoms. The summed E-state index contributed by atoms with van der Waals surface area (Å²) in [6.07, 6.45) is 12.9. The van der Waals surface area contributed by atoms with E-state index in [-0.39, 0.29) is 22.3 Å². The highest BCUT2D eigenvalue weighted by molar-refractivity contribution is 4.70. The van der Waals surface area contributed by atoms with Crippen molar-refractivity contribution in [1.29, 1.82) is 0 Å². The van der Waals surface area contributed by atoms with Gasteiger partial charge in [-0.2, -0.15) is 0 Å². The molecule has 4 fully saturated rings. The summed E-state index contributed by atoms with van der Waals surface area (Å²) in [5, 5.41) is 0. The van der Waals surface area contributed by atoms with Gasteiger partial charge in [0.25, 0.3) is 0 Å². The zero-order chi connectivity index (χ0) is 30.5. The summed E-state index contributed by atoms with van der Waals surface area (Å²) in [6, 6.07) is 0. The fraction of sp³-hybridized carbons (Fsp3) is 1.00. The molecule has 4 rings (SSSR count). The van der Waals surface area contributed by atoms with Crippen molar-refractivity contribution in [3.63, 3.8) is 0 Å². The Morgan fingerprint density at radius 1 is 0.318 bits per heavy atom. The Labute approximate surface area is 281 Å². The molecule has 4 saturated heterocycles. The van der Waals surface area contributed by atoms with E-state index in [2.05, 4.69) is 86.9 Å². The zero-order valence-electron chi connectivity index (χ0n) is 29.8. The minimum atomic E-state index is 0. The van der Waals surface area contributed by atoms with Gasteiger partial charge >= 0.3 is 0 Å². The summed E-state index contributed by atoms with van der Waals surface area (Å²) in [7, 11) is 2.20. The highest BCUT2D eigenvalue weighted by atomic mass is 15.2. The second kappa shape index (κ2) is 30.2. The molecule has 0 radical (unpaired) electrons. The molecular weight excluding hydrogens is 538 g/mol. The van der Waals surface area contributed by atoms with Crippen molar-refractivity contribution in [1.82, 2.24) is 24.5 Å². The lowest BCUT2D eigenvalue weighted by atomic mass is 10.1. The molecule has 5 nitrogen and oxygen atoms in total. The van der Waals surface area contributed by atoms with E-state index in [1.807, 2.05) is 0 Å². The first-order valence-corrected chi connectivity index (χ1v) is 18.1. The number of piperazine rings is 1. The quantitative estimate of drug-likeness (QED) is 0.266. The van der Waals surface area contributed by atoms with E-state index in [1.54, 1.807) is 0 Å². The fourth-order valence-corrected chi connectivity index (χ4v) is 6.52. The monoisotopic (exact) mass is 628 g/mol. The highest BCUT2D eigenvalue weighted by Gasteiger charge is 2.14. The van der Waals surface area contributed by atoms with Gasteiger partial charge in [0.2, 0.25) is 0 Å². The fourth-order valence-electron chi connectivity index (χ4n) is 6.52. The van der Waals surface area contributed by atoms with Gasteiger partial charge in [0.15, 0.2) is 0 Å². The summed E-state index contributed by atoms with van der Waals surface area (Å²) in [5.74, 6) is 3.35. The van der Waals surface area contributed by atoms with Crippen LogP contribution in [0.2, 0.25) is 0 Å². The van der Waals surface area contributed by atoms with Crippen LogP contribution < -0.4 is 0 Å². The molecule has 0 unspecified atom stereocenters. The number of hydrogen-bond donors (Lipinski definition) is 0. The molecule has 0 amide bonds. The molecule has 270 valence electrons. The van der Waals surface area contributed by atoms with Crippen LogP contribution in [0.15, 0.2) is 0 Å². The van der Waals surface area contributed by atoms with Crippen LogP contribution in [0.5, 0.6) is 0 Å². The van der Waals surface area contributed by atoms with Gasteiger partial charge < -0.3 is 24.5 Å². The Balaban J connectivity index is -0.000000498. The molecule has 0 aromatic heterocycles. The molecule has 0 aromatic carbocycles. The van der Waals surface area contributed by atoms with Gasteiger partial charge in [0, 0.05) is 52.4 Å². The van der Waals surface area contributed by atoms with E-state index in [9.17, 15) is 0 Å². The molecule has 4 aliphatic rings. The molecular formula is C39H89N5. The molecule has 0 spiro atoms. The molecule has 0 atom stereocenters. The van der Waals surface area contributed by atoms with Crippen molar-refractivity contribution >= 4 is 0 Å². The standard InChI is InChI=1S/C9H20N2.3C9H19N.3CH4/c1-9(2)8-11-6-4-10(3)5-7-11;3*1-9(2)8-10-6-4-3-5-7-10;;;/h9H,4-8H2,1-3H3;3*9H,3-8H2,1-2H3;3*1H4. The van der Waals surface area contributed by atoms with Crippen molar-refractivity contribution < 1.29 is 0 Å². The van der Waals surface area contributed by atoms with Crippen LogP contribution in [-0.4, -0.2) is 123 Å². The second-order valence-corrected chi connectivity index (χ2v) is 15.3. The summed E-state index contributed by atoms with van der Waals surface area (Å²) in [4.78, 5) is 12.7. The highest BCUT2D eigenvalue weighted by Crippen LogP contribution is 2.12. The van der Waals surface area contributed by atoms with Crippen molar-refractivity contribution in [2.24, 2.45) is 23.7 Å². The van der Waals surface area contributed by atoms with Gasteiger partial charge in [-0.15, -0.1) is 0 Å². The first-order chi connectivity index (χ1) is 19.5. The lowest BCUT2D eigenvalue weighted by Crippen LogP contribution is -2.45. The topological polar surface area (TPSA) is 16.2 Å². The molecule has 0 aliphatic carbocycles. The van der Waals surface area contributed by atoms with E-state index in [0.29, 0.717) is 0 Å². The number of likely N-dealkylation sites (N-methyl/N-ethyl adjacent to an activating group) is 1. The molecule has 0 N–H and O–H groups in total. The Kier molecular flexibility index (Phi) is 33.0. The molecule has 4 aliphatic heterocycles. The van der Waals surface area contributed by atoms with E-state index in [4.69, 9.17) is 0 Å². The first kappa shape index (κ1) is 48.2. The van der Waals surface area contributed by atoms with Crippen molar-refractivity contribution in [2.75, 3.05) is 98.7 Å². The van der Waals surface area contributed by atoms with Gasteiger partial charge in [-0.1, -0.05) is 96.9 Å². The van der Waals surface area contributed by atoms with Crippen LogP contribution >= 0.6 is 0 Å². The van der Waals surface area contributed by atoms with Crippen LogP contribution in [0.25, 0.3) is 0 Å². The average Bonchev–Trinajstić information content (AvgIpc) is 2.92. The summed E-state index contributed by atoms with van der Waals surface area (Å²) >= 11 is 0. The third-order valence-corrected chi connectivity index (χ3v) is 8.44. The zero-order valence-corrected chi connectivity index (χ0v) is 29.8. The molecule has 5 heteroatoms. The number of rotatable bonds is 8. The lowest BCUT2D eigenvalue weighted by molar-refractivity contribution is 0.141. The largest absolute Gasteiger partial charge is 0.304 e. The third kappa shape index (κ3) is 28.1. The predicted octanol–water partition coefficient (Wildman–Crippen LogP) is 9.18. The second-order valence-electron chi connectivity index (χ2n) is 15.3. The van der Waals surface area contributed by atoms with Crippen LogP contribution in [0.1, 0.15) is 135 Å². The summed E-state index contributed by atoms with van der Waals surface area (Å²) in [5.41, 5.74) is 0. The maximum atomic E-state index is 2.59. The minimum Gasteiger partial charge on any atom is -0.304 e. The van der Waals surface area contributed by atoms with E-state index in [1.165, 1.54) is 149 Å².